The number of sulfonamides is 1. The number of hydrogen-bond donors (Lipinski definition) is 2. The minimum absolute atomic E-state index is 0.00968. The summed E-state index contributed by atoms with van der Waals surface area (Å²) in [6, 6.07) is 10.7. The SMILES string of the molecule is C#CC#CC#CC#CC#CC#CC#CC#CC#CC#CC.O=C(O)c1ccc(C(=O)N2CCC3(CC2)OCCN3S(=O)(=O)c2ccc(C(=O)O)cc2)cc1. The molecule has 0 atom stereocenters. The van der Waals surface area contributed by atoms with Crippen LogP contribution in [0.4, 0.5) is 0 Å². The molecule has 4 rings (SSSR count). The van der Waals surface area contributed by atoms with Gasteiger partial charge in [-0.3, -0.25) is 4.79 Å². The van der Waals surface area contributed by atoms with E-state index in [1.807, 2.05) is 0 Å². The van der Waals surface area contributed by atoms with Crippen LogP contribution in [0.2, 0.25) is 0 Å². The smallest absolute Gasteiger partial charge is 0.335 e. The zero-order chi connectivity index (χ0) is 39.2. The van der Waals surface area contributed by atoms with Crippen molar-refractivity contribution in [2.45, 2.75) is 30.4 Å². The van der Waals surface area contributed by atoms with Gasteiger partial charge >= 0.3 is 11.9 Å². The Balaban J connectivity index is 0.000000325. The molecule has 262 valence electrons. The molecule has 2 N–H and O–H groups in total. The summed E-state index contributed by atoms with van der Waals surface area (Å²) in [6.45, 7) is 2.61. The number of carboxylic acids is 2. The fourth-order valence-electron chi connectivity index (χ4n) is 4.79. The van der Waals surface area contributed by atoms with E-state index >= 15 is 0 Å². The average molecular weight is 731 g/mol. The molecule has 1 spiro atoms. The summed E-state index contributed by atoms with van der Waals surface area (Å²) >= 11 is 0. The Morgan fingerprint density at radius 1 is 0.630 bits per heavy atom. The van der Waals surface area contributed by atoms with Crippen molar-refractivity contribution in [3.05, 3.63) is 65.2 Å². The number of rotatable bonds is 5. The summed E-state index contributed by atoms with van der Waals surface area (Å²) < 4.78 is 33.8. The minimum atomic E-state index is -3.94. The van der Waals surface area contributed by atoms with Crippen molar-refractivity contribution in [3.8, 4) is 119 Å². The van der Waals surface area contributed by atoms with Gasteiger partial charge in [-0.05, 0) is 150 Å². The molecule has 11 heteroatoms. The standard InChI is InChI=1S/C22H22N2O8S.C21H4/c25-19(15-1-3-16(4-2-15)20(26)27)23-11-9-22(10-12-23)24(13-14-32-22)33(30,31)18-7-5-17(6-8-18)21(28)29;1-3-5-7-9-11-13-15-17-19-21-20-18-16-14-12-10-8-6-4-2/h1-8H,9-14H2,(H,26,27)(H,28,29);1H,2H3. The molecule has 2 heterocycles. The topological polar surface area (TPSA) is 142 Å². The first-order valence-corrected chi connectivity index (χ1v) is 17.0. The monoisotopic (exact) mass is 730 g/mol. The highest BCUT2D eigenvalue weighted by Crippen LogP contribution is 2.38. The van der Waals surface area contributed by atoms with Gasteiger partial charge in [0, 0.05) is 49.9 Å². The molecular formula is C43H26N2O8S. The van der Waals surface area contributed by atoms with Gasteiger partial charge in [0.05, 0.1) is 22.6 Å². The predicted molar refractivity (Wildman–Crippen MR) is 199 cm³/mol. The van der Waals surface area contributed by atoms with Crippen LogP contribution in [0.1, 0.15) is 50.8 Å². The molecule has 2 fully saturated rings. The van der Waals surface area contributed by atoms with Gasteiger partial charge in [-0.25, -0.2) is 18.0 Å². The minimum Gasteiger partial charge on any atom is -0.478 e. The Labute approximate surface area is 314 Å². The van der Waals surface area contributed by atoms with Crippen molar-refractivity contribution in [2.75, 3.05) is 26.2 Å². The summed E-state index contributed by atoms with van der Waals surface area (Å²) in [7, 11) is -3.94. The van der Waals surface area contributed by atoms with Crippen LogP contribution in [0.3, 0.4) is 0 Å². The predicted octanol–water partition coefficient (Wildman–Crippen LogP) is 2.41. The molecule has 0 radical (unpaired) electrons. The maximum Gasteiger partial charge on any atom is 0.335 e. The molecule has 2 aliphatic heterocycles. The molecule has 0 bridgehead atoms. The van der Waals surface area contributed by atoms with Gasteiger partial charge in [0.2, 0.25) is 10.0 Å². The first-order valence-electron chi connectivity index (χ1n) is 15.6. The third kappa shape index (κ3) is 12.0. The van der Waals surface area contributed by atoms with Crippen LogP contribution in [0, 0.1) is 119 Å². The lowest BCUT2D eigenvalue weighted by molar-refractivity contribution is -0.0857. The molecule has 0 aliphatic carbocycles. The number of terminal acetylenes is 1. The first kappa shape index (κ1) is 40.7. The van der Waals surface area contributed by atoms with Crippen LogP contribution in [-0.4, -0.2) is 77.6 Å². The molecule has 1 amide bonds. The molecule has 2 aromatic carbocycles. The van der Waals surface area contributed by atoms with Crippen molar-refractivity contribution in [3.63, 3.8) is 0 Å². The number of carbonyl (C=O) groups is 3. The van der Waals surface area contributed by atoms with Gasteiger partial charge in [-0.1, -0.05) is 5.92 Å². The fourth-order valence-corrected chi connectivity index (χ4v) is 6.51. The van der Waals surface area contributed by atoms with E-state index in [-0.39, 0.29) is 61.0 Å². The number of ether oxygens (including phenoxy) is 1. The van der Waals surface area contributed by atoms with Crippen LogP contribution >= 0.6 is 0 Å². The van der Waals surface area contributed by atoms with E-state index in [1.165, 1.54) is 52.8 Å². The Kier molecular flexibility index (Phi) is 15.7. The fraction of sp³-hybridized carbons (Fsp3) is 0.186. The largest absolute Gasteiger partial charge is 0.478 e. The molecule has 0 unspecified atom stereocenters. The van der Waals surface area contributed by atoms with Crippen molar-refractivity contribution < 1.29 is 37.8 Å². The maximum atomic E-state index is 13.3. The molecule has 2 saturated heterocycles. The number of benzene rings is 2. The molecule has 2 aliphatic rings. The van der Waals surface area contributed by atoms with Crippen molar-refractivity contribution in [1.82, 2.24) is 9.21 Å². The molecule has 0 saturated carbocycles. The highest BCUT2D eigenvalue weighted by atomic mass is 32.2. The van der Waals surface area contributed by atoms with E-state index in [0.717, 1.165) is 0 Å². The second-order valence-corrected chi connectivity index (χ2v) is 12.3. The maximum absolute atomic E-state index is 13.3. The Morgan fingerprint density at radius 3 is 1.43 bits per heavy atom. The third-order valence-corrected chi connectivity index (χ3v) is 9.18. The van der Waals surface area contributed by atoms with Gasteiger partial charge in [-0.2, -0.15) is 4.31 Å². The second-order valence-electron chi connectivity index (χ2n) is 10.4. The quantitative estimate of drug-likeness (QED) is 0.448. The lowest BCUT2D eigenvalue weighted by Gasteiger charge is -2.42. The molecule has 2 aromatic rings. The number of hydrogen-bond acceptors (Lipinski definition) is 6. The number of nitrogens with zero attached hydrogens (tertiary/aromatic N) is 2. The van der Waals surface area contributed by atoms with Crippen LogP contribution in [0.25, 0.3) is 0 Å². The van der Waals surface area contributed by atoms with E-state index in [4.69, 9.17) is 21.4 Å². The molecule has 10 nitrogen and oxygen atoms in total. The number of carbonyl (C=O) groups excluding carboxylic acids is 1. The zero-order valence-electron chi connectivity index (χ0n) is 28.6. The Hall–Kier alpha value is -7.68. The Morgan fingerprint density at radius 2 is 1.02 bits per heavy atom. The average Bonchev–Trinajstić information content (AvgIpc) is 3.60. The first-order chi connectivity index (χ1) is 26.1. The lowest BCUT2D eigenvalue weighted by Crippen LogP contribution is -2.55. The molecular weight excluding hydrogens is 705 g/mol. The van der Waals surface area contributed by atoms with Crippen LogP contribution in [0.15, 0.2) is 53.4 Å². The number of aromatic carboxylic acids is 2. The van der Waals surface area contributed by atoms with E-state index in [9.17, 15) is 22.8 Å². The van der Waals surface area contributed by atoms with E-state index in [2.05, 4.69) is 112 Å². The number of likely N-dealkylation sites (tertiary alicyclic amines) is 1. The highest BCUT2D eigenvalue weighted by molar-refractivity contribution is 7.89. The number of amides is 1. The van der Waals surface area contributed by atoms with Crippen molar-refractivity contribution in [1.29, 1.82) is 0 Å². The van der Waals surface area contributed by atoms with Gasteiger partial charge < -0.3 is 19.8 Å². The number of carboxylic acid groups (broad SMARTS) is 2. The van der Waals surface area contributed by atoms with Gasteiger partial charge in [0.25, 0.3) is 5.91 Å². The van der Waals surface area contributed by atoms with E-state index < -0.39 is 27.7 Å². The van der Waals surface area contributed by atoms with E-state index in [1.54, 1.807) is 11.8 Å². The van der Waals surface area contributed by atoms with Gasteiger partial charge in [0.1, 0.15) is 5.72 Å². The molecule has 54 heavy (non-hydrogen) atoms. The van der Waals surface area contributed by atoms with Crippen molar-refractivity contribution >= 4 is 27.9 Å². The summed E-state index contributed by atoms with van der Waals surface area (Å²) in [4.78, 5) is 36.5. The van der Waals surface area contributed by atoms with Crippen LogP contribution in [0.5, 0.6) is 0 Å². The number of piperidine rings is 1. The summed E-state index contributed by atoms with van der Waals surface area (Å²) in [5.74, 6) is 44.4. The third-order valence-electron chi connectivity index (χ3n) is 7.22. The lowest BCUT2D eigenvalue weighted by atomic mass is 9.99. The molecule has 0 aromatic heterocycles. The van der Waals surface area contributed by atoms with Crippen molar-refractivity contribution in [2.24, 2.45) is 0 Å². The van der Waals surface area contributed by atoms with Gasteiger partial charge in [0.15, 0.2) is 0 Å². The highest BCUT2D eigenvalue weighted by Gasteiger charge is 2.51. The normalized spacial score (nSPS) is 12.7. The van der Waals surface area contributed by atoms with Crippen LogP contribution < -0.4 is 0 Å². The van der Waals surface area contributed by atoms with E-state index in [0.29, 0.717) is 5.56 Å². The Bertz CT molecular complexity index is 2540. The zero-order valence-corrected chi connectivity index (χ0v) is 29.4. The summed E-state index contributed by atoms with van der Waals surface area (Å²) in [5.41, 5.74) is -0.648. The summed E-state index contributed by atoms with van der Waals surface area (Å²) in [5, 5.41) is 18.0. The van der Waals surface area contributed by atoms with Gasteiger partial charge in [-0.15, -0.1) is 6.42 Å². The second kappa shape index (κ2) is 20.9. The summed E-state index contributed by atoms with van der Waals surface area (Å²) in [6.07, 6.45) is 5.45. The van der Waals surface area contributed by atoms with Crippen LogP contribution in [-0.2, 0) is 14.8 Å².